The van der Waals surface area contributed by atoms with Gasteiger partial charge in [0.1, 0.15) is 17.1 Å². The van der Waals surface area contributed by atoms with Gasteiger partial charge in [0.25, 0.3) is 0 Å². The number of thiazole rings is 1. The lowest BCUT2D eigenvalue weighted by Gasteiger charge is -2.44. The fourth-order valence-corrected chi connectivity index (χ4v) is 5.21. The smallest absolute Gasteiger partial charge is 0.216 e. The average molecular weight is 443 g/mol. The van der Waals surface area contributed by atoms with Gasteiger partial charge in [-0.15, -0.1) is 10.2 Å². The molecule has 5 rings (SSSR count). The summed E-state index contributed by atoms with van der Waals surface area (Å²) in [6.07, 6.45) is 5.73. The van der Waals surface area contributed by atoms with Crippen LogP contribution in [0.3, 0.4) is 0 Å². The number of benzene rings is 1. The van der Waals surface area contributed by atoms with Gasteiger partial charge in [-0.2, -0.15) is 4.80 Å². The maximum atomic E-state index is 9.01. The van der Waals surface area contributed by atoms with Crippen molar-refractivity contribution in [3.63, 3.8) is 0 Å². The van der Waals surface area contributed by atoms with Crippen LogP contribution >= 0.6 is 11.3 Å². The number of hydrogen-bond donors (Lipinski definition) is 1. The van der Waals surface area contributed by atoms with E-state index in [0.29, 0.717) is 19.0 Å². The van der Waals surface area contributed by atoms with Crippen molar-refractivity contribution in [1.82, 2.24) is 25.2 Å². The monoisotopic (exact) mass is 442 g/mol. The third-order valence-corrected chi connectivity index (χ3v) is 7.01. The summed E-state index contributed by atoms with van der Waals surface area (Å²) in [5.41, 5.74) is 1.09. The van der Waals surface area contributed by atoms with Gasteiger partial charge in [-0.25, -0.2) is 4.98 Å². The lowest BCUT2D eigenvalue weighted by atomic mass is 9.83. The van der Waals surface area contributed by atoms with Gasteiger partial charge in [0.2, 0.25) is 5.82 Å². The molecular weight excluding hydrogens is 416 g/mol. The van der Waals surface area contributed by atoms with Gasteiger partial charge in [0.05, 0.1) is 30.8 Å². The highest BCUT2D eigenvalue weighted by Gasteiger charge is 2.40. The molecule has 1 fully saturated rings. The second kappa shape index (κ2) is 8.43. The summed E-state index contributed by atoms with van der Waals surface area (Å²) in [6, 6.07) is 6.11. The van der Waals surface area contributed by atoms with Crippen LogP contribution in [-0.4, -0.2) is 62.2 Å². The zero-order valence-electron chi connectivity index (χ0n) is 17.5. The number of aliphatic hydroxyl groups excluding tert-OH is 1. The van der Waals surface area contributed by atoms with Crippen molar-refractivity contribution in [2.45, 2.75) is 44.8 Å². The van der Waals surface area contributed by atoms with Gasteiger partial charge in [-0.05, 0) is 37.1 Å². The second-order valence-electron chi connectivity index (χ2n) is 7.88. The van der Waals surface area contributed by atoms with E-state index in [2.05, 4.69) is 31.4 Å². The molecule has 2 aliphatic heterocycles. The Morgan fingerprint density at radius 1 is 1.26 bits per heavy atom. The van der Waals surface area contributed by atoms with Crippen molar-refractivity contribution in [2.24, 2.45) is 0 Å². The SMILES string of the molecule is CCOc1cccc2c1CCC1(CCN(c3ncc(-c4nnn(CCO)n4)s3)CC1)O2. The van der Waals surface area contributed by atoms with E-state index in [4.69, 9.17) is 14.6 Å². The summed E-state index contributed by atoms with van der Waals surface area (Å²) in [4.78, 5) is 9.18. The van der Waals surface area contributed by atoms with Crippen LogP contribution < -0.4 is 14.4 Å². The molecule has 1 N–H and O–H groups in total. The lowest BCUT2D eigenvalue weighted by molar-refractivity contribution is 0.0218. The topological polar surface area (TPSA) is 98.4 Å². The number of fused-ring (bicyclic) bond motifs is 1. The molecule has 9 nitrogen and oxygen atoms in total. The molecule has 2 aromatic heterocycles. The van der Waals surface area contributed by atoms with Crippen LogP contribution in [0.5, 0.6) is 11.5 Å². The minimum absolute atomic E-state index is 0.0151. The Morgan fingerprint density at radius 2 is 2.13 bits per heavy atom. The van der Waals surface area contributed by atoms with Crippen LogP contribution in [0.4, 0.5) is 5.13 Å². The summed E-state index contributed by atoms with van der Waals surface area (Å²) in [5, 5.41) is 22.3. The first-order valence-electron chi connectivity index (χ1n) is 10.7. The second-order valence-corrected chi connectivity index (χ2v) is 8.89. The highest BCUT2D eigenvalue weighted by Crippen LogP contribution is 2.43. The lowest BCUT2D eigenvalue weighted by Crippen LogP contribution is -2.49. The van der Waals surface area contributed by atoms with E-state index < -0.39 is 0 Å². The maximum Gasteiger partial charge on any atom is 0.216 e. The molecular formula is C21H26N6O3S. The van der Waals surface area contributed by atoms with Gasteiger partial charge < -0.3 is 19.5 Å². The molecule has 10 heteroatoms. The zero-order valence-corrected chi connectivity index (χ0v) is 18.3. The molecule has 0 aliphatic carbocycles. The molecule has 0 radical (unpaired) electrons. The summed E-state index contributed by atoms with van der Waals surface area (Å²) in [7, 11) is 0. The molecule has 4 heterocycles. The molecule has 0 saturated carbocycles. The van der Waals surface area contributed by atoms with E-state index in [1.165, 1.54) is 10.4 Å². The van der Waals surface area contributed by atoms with Crippen LogP contribution in [0, 0.1) is 0 Å². The van der Waals surface area contributed by atoms with E-state index in [1.807, 2.05) is 19.1 Å². The Balaban J connectivity index is 1.25. The normalized spacial score (nSPS) is 17.4. The molecule has 0 unspecified atom stereocenters. The van der Waals surface area contributed by atoms with Crippen LogP contribution in [-0.2, 0) is 13.0 Å². The van der Waals surface area contributed by atoms with Crippen molar-refractivity contribution in [3.05, 3.63) is 30.0 Å². The van der Waals surface area contributed by atoms with Gasteiger partial charge in [0.15, 0.2) is 5.13 Å². The van der Waals surface area contributed by atoms with Crippen molar-refractivity contribution < 1.29 is 14.6 Å². The number of ether oxygens (including phenoxy) is 2. The first-order valence-corrected chi connectivity index (χ1v) is 11.5. The fraction of sp³-hybridized carbons (Fsp3) is 0.524. The number of hydrogen-bond acceptors (Lipinski definition) is 9. The van der Waals surface area contributed by atoms with Crippen molar-refractivity contribution >= 4 is 16.5 Å². The Kier molecular flexibility index (Phi) is 5.49. The van der Waals surface area contributed by atoms with E-state index >= 15 is 0 Å². The maximum absolute atomic E-state index is 9.01. The molecule has 0 amide bonds. The molecule has 0 bridgehead atoms. The van der Waals surface area contributed by atoms with Crippen molar-refractivity contribution in [2.75, 3.05) is 31.2 Å². The van der Waals surface area contributed by atoms with Gasteiger partial charge in [-0.3, -0.25) is 0 Å². The van der Waals surface area contributed by atoms with Crippen molar-refractivity contribution in [3.8, 4) is 22.2 Å². The Hall–Kier alpha value is -2.72. The van der Waals surface area contributed by atoms with Crippen LogP contribution in [0.15, 0.2) is 24.4 Å². The van der Waals surface area contributed by atoms with Crippen LogP contribution in [0.25, 0.3) is 10.7 Å². The molecule has 1 aromatic carbocycles. The molecule has 1 saturated heterocycles. The van der Waals surface area contributed by atoms with E-state index in [-0.39, 0.29) is 12.2 Å². The third-order valence-electron chi connectivity index (χ3n) is 5.96. The Bertz CT molecular complexity index is 1040. The number of nitrogens with zero attached hydrogens (tertiary/aromatic N) is 6. The molecule has 1 spiro atoms. The van der Waals surface area contributed by atoms with Crippen LogP contribution in [0.1, 0.15) is 31.7 Å². The highest BCUT2D eigenvalue weighted by molar-refractivity contribution is 7.18. The fourth-order valence-electron chi connectivity index (χ4n) is 4.31. The highest BCUT2D eigenvalue weighted by atomic mass is 32.1. The van der Waals surface area contributed by atoms with Crippen molar-refractivity contribution in [1.29, 1.82) is 0 Å². The van der Waals surface area contributed by atoms with E-state index in [1.54, 1.807) is 17.5 Å². The number of aromatic nitrogens is 5. The number of anilines is 1. The number of aliphatic hydroxyl groups is 1. The molecule has 31 heavy (non-hydrogen) atoms. The van der Waals surface area contributed by atoms with E-state index in [0.717, 1.165) is 60.3 Å². The average Bonchev–Trinajstić information content (AvgIpc) is 3.45. The first kappa shape index (κ1) is 20.2. The Labute approximate surface area is 184 Å². The van der Waals surface area contributed by atoms with Gasteiger partial charge >= 0.3 is 0 Å². The predicted octanol–water partition coefficient (Wildman–Crippen LogP) is 2.55. The minimum atomic E-state index is -0.108. The largest absolute Gasteiger partial charge is 0.493 e. The Morgan fingerprint density at radius 3 is 2.94 bits per heavy atom. The number of piperidine rings is 1. The summed E-state index contributed by atoms with van der Waals surface area (Å²) in [5.74, 6) is 2.47. The quantitative estimate of drug-likeness (QED) is 0.622. The summed E-state index contributed by atoms with van der Waals surface area (Å²) >= 11 is 1.57. The molecule has 0 atom stereocenters. The zero-order chi connectivity index (χ0) is 21.3. The summed E-state index contributed by atoms with van der Waals surface area (Å²) < 4.78 is 12.3. The van der Waals surface area contributed by atoms with Gasteiger partial charge in [0, 0.05) is 31.5 Å². The molecule has 3 aromatic rings. The standard InChI is InChI=1S/C21H26N6O3S/c1-2-29-16-4-3-5-17-15(16)6-7-21(30-17)8-10-26(11-9-21)20-22-14-18(31-20)19-23-25-27(24-19)12-13-28/h3-5,14,28H,2,6-13H2,1H3. The third kappa shape index (κ3) is 3.97. The number of rotatable bonds is 6. The van der Waals surface area contributed by atoms with Gasteiger partial charge in [-0.1, -0.05) is 17.4 Å². The van der Waals surface area contributed by atoms with E-state index in [9.17, 15) is 0 Å². The predicted molar refractivity (Wildman–Crippen MR) is 117 cm³/mol. The first-order chi connectivity index (χ1) is 15.2. The van der Waals surface area contributed by atoms with Crippen LogP contribution in [0.2, 0.25) is 0 Å². The molecule has 164 valence electrons. The summed E-state index contributed by atoms with van der Waals surface area (Å²) in [6.45, 7) is 4.80. The minimum Gasteiger partial charge on any atom is -0.493 e. The number of tetrazole rings is 1. The molecule has 2 aliphatic rings.